The summed E-state index contributed by atoms with van der Waals surface area (Å²) in [7, 11) is 1.57. The molecule has 0 amide bonds. The van der Waals surface area contributed by atoms with Gasteiger partial charge in [-0.15, -0.1) is 0 Å². The van der Waals surface area contributed by atoms with Crippen LogP contribution in [0.1, 0.15) is 33.1 Å². The molecular formula is C10H18O4. The number of methoxy groups -OCH3 is 1. The van der Waals surface area contributed by atoms with E-state index in [-0.39, 0.29) is 0 Å². The lowest BCUT2D eigenvalue weighted by Gasteiger charge is -2.45. The van der Waals surface area contributed by atoms with Crippen LogP contribution in [0.3, 0.4) is 0 Å². The van der Waals surface area contributed by atoms with Crippen molar-refractivity contribution in [1.29, 1.82) is 0 Å². The molecule has 1 saturated carbocycles. The van der Waals surface area contributed by atoms with Gasteiger partial charge in [0.05, 0.1) is 17.1 Å². The number of hydrogen-bond donors (Lipinski definition) is 2. The molecule has 0 heterocycles. The summed E-state index contributed by atoms with van der Waals surface area (Å²) in [6.45, 7) is 3.73. The molecule has 0 saturated heterocycles. The Kier molecular flexibility index (Phi) is 2.88. The van der Waals surface area contributed by atoms with Crippen LogP contribution < -0.4 is 0 Å². The van der Waals surface area contributed by atoms with Gasteiger partial charge in [-0.3, -0.25) is 4.79 Å². The fourth-order valence-corrected chi connectivity index (χ4v) is 2.12. The summed E-state index contributed by atoms with van der Waals surface area (Å²) in [6.07, 6.45) is 0.673. The van der Waals surface area contributed by atoms with Gasteiger partial charge in [0, 0.05) is 7.11 Å². The summed E-state index contributed by atoms with van der Waals surface area (Å²) < 4.78 is 5.21. The van der Waals surface area contributed by atoms with Gasteiger partial charge in [-0.2, -0.15) is 0 Å². The number of ether oxygens (including phenoxy) is 1. The van der Waals surface area contributed by atoms with Crippen LogP contribution in [0.5, 0.6) is 0 Å². The Morgan fingerprint density at radius 2 is 2.07 bits per heavy atom. The number of carboxylic acids is 1. The lowest BCUT2D eigenvalue weighted by atomic mass is 9.62. The van der Waals surface area contributed by atoms with E-state index in [4.69, 9.17) is 9.84 Å². The van der Waals surface area contributed by atoms with Gasteiger partial charge in [0.2, 0.25) is 0 Å². The number of carbonyl (C=O) groups is 1. The first kappa shape index (κ1) is 11.5. The molecule has 1 fully saturated rings. The van der Waals surface area contributed by atoms with Gasteiger partial charge in [0.1, 0.15) is 0 Å². The molecule has 4 nitrogen and oxygen atoms in total. The van der Waals surface area contributed by atoms with Crippen molar-refractivity contribution in [3.63, 3.8) is 0 Å². The predicted molar refractivity (Wildman–Crippen MR) is 51.0 cm³/mol. The van der Waals surface area contributed by atoms with Gasteiger partial charge in [0.15, 0.2) is 0 Å². The molecule has 4 heteroatoms. The average molecular weight is 202 g/mol. The Bertz CT molecular complexity index is 228. The summed E-state index contributed by atoms with van der Waals surface area (Å²) in [6, 6.07) is 0. The van der Waals surface area contributed by atoms with Crippen molar-refractivity contribution in [2.24, 2.45) is 5.41 Å². The highest BCUT2D eigenvalue weighted by Gasteiger charge is 2.52. The molecule has 0 bridgehead atoms. The maximum absolute atomic E-state index is 11.1. The second-order valence-electron chi connectivity index (χ2n) is 4.79. The van der Waals surface area contributed by atoms with Gasteiger partial charge in [-0.1, -0.05) is 0 Å². The number of aliphatic hydroxyl groups is 1. The normalized spacial score (nSPS) is 32.4. The van der Waals surface area contributed by atoms with Crippen molar-refractivity contribution in [2.45, 2.75) is 44.8 Å². The Morgan fingerprint density at radius 1 is 1.57 bits per heavy atom. The Morgan fingerprint density at radius 3 is 2.36 bits per heavy atom. The summed E-state index contributed by atoms with van der Waals surface area (Å²) in [5.74, 6) is -0.826. The lowest BCUT2D eigenvalue weighted by Crippen LogP contribution is -2.50. The minimum absolute atomic E-state index is 0.342. The van der Waals surface area contributed by atoms with E-state index in [0.717, 1.165) is 0 Å². The largest absolute Gasteiger partial charge is 0.481 e. The van der Waals surface area contributed by atoms with Crippen LogP contribution in [0, 0.1) is 5.41 Å². The Hall–Kier alpha value is -0.610. The molecule has 14 heavy (non-hydrogen) atoms. The molecule has 1 rings (SSSR count). The second-order valence-corrected chi connectivity index (χ2v) is 4.79. The monoisotopic (exact) mass is 202 g/mol. The quantitative estimate of drug-likeness (QED) is 0.714. The third-order valence-corrected chi connectivity index (χ3v) is 3.02. The van der Waals surface area contributed by atoms with Crippen molar-refractivity contribution >= 4 is 5.97 Å². The first-order chi connectivity index (χ1) is 6.31. The molecular weight excluding hydrogens is 184 g/mol. The Balaban J connectivity index is 2.68. The molecule has 1 aliphatic carbocycles. The van der Waals surface area contributed by atoms with E-state index >= 15 is 0 Å². The predicted octanol–water partition coefficient (Wildman–Crippen LogP) is 1.03. The van der Waals surface area contributed by atoms with E-state index in [1.165, 1.54) is 0 Å². The molecule has 0 aromatic rings. The Labute approximate surface area is 83.9 Å². The summed E-state index contributed by atoms with van der Waals surface area (Å²) in [4.78, 5) is 11.1. The molecule has 0 aromatic carbocycles. The van der Waals surface area contributed by atoms with E-state index in [1.54, 1.807) is 7.11 Å². The molecule has 1 aliphatic rings. The minimum Gasteiger partial charge on any atom is -0.481 e. The van der Waals surface area contributed by atoms with Crippen molar-refractivity contribution in [1.82, 2.24) is 0 Å². The van der Waals surface area contributed by atoms with Crippen LogP contribution >= 0.6 is 0 Å². The van der Waals surface area contributed by atoms with Crippen LogP contribution in [0.25, 0.3) is 0 Å². The van der Waals surface area contributed by atoms with Gasteiger partial charge in [-0.05, 0) is 33.1 Å². The average Bonchev–Trinajstić information content (AvgIpc) is 2.00. The molecule has 82 valence electrons. The second kappa shape index (κ2) is 3.51. The molecule has 0 atom stereocenters. The fraction of sp³-hybridized carbons (Fsp3) is 0.900. The van der Waals surface area contributed by atoms with Crippen LogP contribution in [0.4, 0.5) is 0 Å². The van der Waals surface area contributed by atoms with Crippen LogP contribution in [-0.2, 0) is 9.53 Å². The van der Waals surface area contributed by atoms with Crippen molar-refractivity contribution in [2.75, 3.05) is 7.11 Å². The number of aliphatic hydroxyl groups excluding tert-OH is 1. The maximum atomic E-state index is 11.1. The number of hydrogen-bond acceptors (Lipinski definition) is 3. The molecule has 0 aromatic heterocycles. The standard InChI is InChI=1S/C10H18O4/c1-9(2,14-3)6-10(8(12)13)4-7(11)5-10/h7,11H,4-6H2,1-3H3,(H,12,13). The highest BCUT2D eigenvalue weighted by Crippen LogP contribution is 2.47. The number of rotatable bonds is 4. The summed E-state index contributed by atoms with van der Waals surface area (Å²) >= 11 is 0. The highest BCUT2D eigenvalue weighted by molar-refractivity contribution is 5.76. The van der Waals surface area contributed by atoms with Crippen molar-refractivity contribution < 1.29 is 19.7 Å². The number of carboxylic acid groups (broad SMARTS) is 1. The van der Waals surface area contributed by atoms with Gasteiger partial charge < -0.3 is 14.9 Å². The summed E-state index contributed by atoms with van der Waals surface area (Å²) in [5, 5.41) is 18.3. The van der Waals surface area contributed by atoms with Gasteiger partial charge in [-0.25, -0.2) is 0 Å². The first-order valence-corrected chi connectivity index (χ1v) is 4.78. The third kappa shape index (κ3) is 2.07. The van der Waals surface area contributed by atoms with E-state index in [1.807, 2.05) is 13.8 Å². The molecule has 0 aliphatic heterocycles. The first-order valence-electron chi connectivity index (χ1n) is 4.78. The maximum Gasteiger partial charge on any atom is 0.309 e. The van der Waals surface area contributed by atoms with Crippen molar-refractivity contribution in [3.05, 3.63) is 0 Å². The zero-order chi connectivity index (χ0) is 11.0. The van der Waals surface area contributed by atoms with E-state index in [2.05, 4.69) is 0 Å². The van der Waals surface area contributed by atoms with Gasteiger partial charge >= 0.3 is 5.97 Å². The molecule has 0 unspecified atom stereocenters. The molecule has 2 N–H and O–H groups in total. The third-order valence-electron chi connectivity index (χ3n) is 3.02. The van der Waals surface area contributed by atoms with E-state index in [9.17, 15) is 9.90 Å². The zero-order valence-corrected chi connectivity index (χ0v) is 8.91. The van der Waals surface area contributed by atoms with Crippen LogP contribution in [0.2, 0.25) is 0 Å². The minimum atomic E-state index is -0.826. The van der Waals surface area contributed by atoms with Crippen LogP contribution in [0.15, 0.2) is 0 Å². The van der Waals surface area contributed by atoms with Crippen molar-refractivity contribution in [3.8, 4) is 0 Å². The molecule has 0 spiro atoms. The SMILES string of the molecule is COC(C)(C)CC1(C(=O)O)CC(O)C1. The topological polar surface area (TPSA) is 66.8 Å². The highest BCUT2D eigenvalue weighted by atomic mass is 16.5. The molecule has 0 radical (unpaired) electrons. The van der Waals surface area contributed by atoms with Gasteiger partial charge in [0.25, 0.3) is 0 Å². The number of aliphatic carboxylic acids is 1. The fourth-order valence-electron chi connectivity index (χ4n) is 2.12. The van der Waals surface area contributed by atoms with E-state index in [0.29, 0.717) is 19.3 Å². The van der Waals surface area contributed by atoms with Crippen LogP contribution in [-0.4, -0.2) is 35.0 Å². The summed E-state index contributed by atoms with van der Waals surface area (Å²) in [5.41, 5.74) is -1.22. The van der Waals surface area contributed by atoms with E-state index < -0.39 is 23.1 Å². The zero-order valence-electron chi connectivity index (χ0n) is 8.91. The lowest BCUT2D eigenvalue weighted by molar-refractivity contribution is -0.171. The smallest absolute Gasteiger partial charge is 0.309 e.